The minimum absolute atomic E-state index is 0.0857. The molecule has 0 heterocycles. The van der Waals surface area contributed by atoms with Gasteiger partial charge in [-0.2, -0.15) is 0 Å². The van der Waals surface area contributed by atoms with Crippen molar-refractivity contribution in [3.63, 3.8) is 0 Å². The summed E-state index contributed by atoms with van der Waals surface area (Å²) in [5, 5.41) is 19.8. The number of amides is 2. The monoisotopic (exact) mass is 177 g/mol. The van der Waals surface area contributed by atoms with Gasteiger partial charge in [0.15, 0.2) is 0 Å². The van der Waals surface area contributed by atoms with Crippen LogP contribution in [-0.2, 0) is 0 Å². The first-order valence-electron chi connectivity index (χ1n) is 3.63. The van der Waals surface area contributed by atoms with Gasteiger partial charge in [-0.05, 0) is 0 Å². The lowest BCUT2D eigenvalue weighted by atomic mass is 10.5. The molecule has 0 aliphatic heterocycles. The van der Waals surface area contributed by atoms with Gasteiger partial charge in [0.2, 0.25) is 0 Å². The van der Waals surface area contributed by atoms with Gasteiger partial charge in [0.1, 0.15) is 0 Å². The first-order chi connectivity index (χ1) is 5.63. The Morgan fingerprint density at radius 2 is 1.75 bits per heavy atom. The lowest BCUT2D eigenvalue weighted by Crippen LogP contribution is -2.48. The van der Waals surface area contributed by atoms with Gasteiger partial charge in [-0.15, -0.1) is 0 Å². The summed E-state index contributed by atoms with van der Waals surface area (Å²) in [7, 11) is 1.48. The molecule has 72 valence electrons. The number of primary amides is 1. The highest BCUT2D eigenvalue weighted by Crippen LogP contribution is 1.92. The summed E-state index contributed by atoms with van der Waals surface area (Å²) < 4.78 is 0. The fraction of sp³-hybridized carbons (Fsp3) is 0.833. The number of hydrazine groups is 1. The quantitative estimate of drug-likeness (QED) is 0.432. The van der Waals surface area contributed by atoms with Crippen molar-refractivity contribution in [3.8, 4) is 0 Å². The number of carbonyl (C=O) groups is 1. The molecule has 0 bridgehead atoms. The highest BCUT2D eigenvalue weighted by Gasteiger charge is 2.12. The number of aliphatic hydroxyl groups excluding tert-OH is 2. The van der Waals surface area contributed by atoms with Crippen LogP contribution in [0.4, 0.5) is 4.79 Å². The zero-order valence-corrected chi connectivity index (χ0v) is 7.10. The van der Waals surface area contributed by atoms with E-state index in [2.05, 4.69) is 0 Å². The van der Waals surface area contributed by atoms with Crippen molar-refractivity contribution in [1.82, 2.24) is 10.0 Å². The fourth-order valence-corrected chi connectivity index (χ4v) is 0.782. The maximum atomic E-state index is 10.6. The Balaban J connectivity index is 3.98. The molecule has 0 aliphatic rings. The Hall–Kier alpha value is -0.850. The maximum absolute atomic E-state index is 10.6. The van der Waals surface area contributed by atoms with Crippen molar-refractivity contribution in [3.05, 3.63) is 0 Å². The van der Waals surface area contributed by atoms with E-state index in [0.29, 0.717) is 0 Å². The molecular weight excluding hydrogens is 162 g/mol. The molecule has 0 fully saturated rings. The summed E-state index contributed by atoms with van der Waals surface area (Å²) in [5.41, 5.74) is 4.98. The Labute approximate surface area is 71.1 Å². The zero-order chi connectivity index (χ0) is 9.56. The molecular formula is C6H15N3O3. The normalized spacial score (nSPS) is 10.3. The number of aliphatic hydroxyl groups is 2. The molecule has 12 heavy (non-hydrogen) atoms. The molecule has 0 radical (unpaired) electrons. The largest absolute Gasteiger partial charge is 0.395 e. The summed E-state index contributed by atoms with van der Waals surface area (Å²) >= 11 is 0. The van der Waals surface area contributed by atoms with Crippen molar-refractivity contribution in [2.45, 2.75) is 0 Å². The molecule has 6 heteroatoms. The lowest BCUT2D eigenvalue weighted by Gasteiger charge is -2.29. The second-order valence-corrected chi connectivity index (χ2v) is 2.26. The van der Waals surface area contributed by atoms with Gasteiger partial charge in [0, 0.05) is 20.1 Å². The fourth-order valence-electron chi connectivity index (χ4n) is 0.782. The molecule has 0 rings (SSSR count). The topological polar surface area (TPSA) is 90.0 Å². The van der Waals surface area contributed by atoms with Gasteiger partial charge in [-0.1, -0.05) is 0 Å². The smallest absolute Gasteiger partial charge is 0.329 e. The molecule has 0 aromatic heterocycles. The third-order valence-corrected chi connectivity index (χ3v) is 1.46. The first-order valence-corrected chi connectivity index (χ1v) is 3.63. The average Bonchev–Trinajstić information content (AvgIpc) is 2.03. The molecule has 0 unspecified atom stereocenters. The highest BCUT2D eigenvalue weighted by atomic mass is 16.3. The van der Waals surface area contributed by atoms with E-state index in [9.17, 15) is 4.79 Å². The number of hydrogen-bond donors (Lipinski definition) is 3. The molecule has 4 N–H and O–H groups in total. The molecule has 0 saturated carbocycles. The molecule has 0 aromatic carbocycles. The van der Waals surface area contributed by atoms with Gasteiger partial charge < -0.3 is 15.9 Å². The van der Waals surface area contributed by atoms with E-state index < -0.39 is 6.03 Å². The number of nitrogens with two attached hydrogens (primary N) is 1. The van der Waals surface area contributed by atoms with Crippen LogP contribution in [0.2, 0.25) is 0 Å². The van der Waals surface area contributed by atoms with Crippen LogP contribution in [0.15, 0.2) is 0 Å². The summed E-state index contributed by atoms with van der Waals surface area (Å²) in [6, 6.07) is -0.614. The highest BCUT2D eigenvalue weighted by molar-refractivity contribution is 5.71. The number of hydrogen-bond acceptors (Lipinski definition) is 4. The molecule has 6 nitrogen and oxygen atoms in total. The second-order valence-electron chi connectivity index (χ2n) is 2.26. The van der Waals surface area contributed by atoms with E-state index in [4.69, 9.17) is 15.9 Å². The predicted octanol–water partition coefficient (Wildman–Crippen LogP) is -1.80. The van der Waals surface area contributed by atoms with E-state index in [1.54, 1.807) is 0 Å². The number of urea groups is 1. The van der Waals surface area contributed by atoms with Crippen LogP contribution in [0.5, 0.6) is 0 Å². The van der Waals surface area contributed by atoms with E-state index >= 15 is 0 Å². The summed E-state index contributed by atoms with van der Waals surface area (Å²) in [6.45, 7) is 0.384. The van der Waals surface area contributed by atoms with E-state index in [0.717, 1.165) is 5.01 Å². The zero-order valence-electron chi connectivity index (χ0n) is 7.10. The lowest BCUT2D eigenvalue weighted by molar-refractivity contribution is 0.0122. The van der Waals surface area contributed by atoms with E-state index in [1.807, 2.05) is 0 Å². The molecule has 0 aromatic rings. The Morgan fingerprint density at radius 3 is 2.00 bits per heavy atom. The van der Waals surface area contributed by atoms with Crippen LogP contribution in [-0.4, -0.2) is 59.6 Å². The van der Waals surface area contributed by atoms with Crippen LogP contribution >= 0.6 is 0 Å². The molecule has 2 amide bonds. The van der Waals surface area contributed by atoms with Crippen molar-refractivity contribution in [2.24, 2.45) is 5.73 Å². The van der Waals surface area contributed by atoms with Crippen molar-refractivity contribution >= 4 is 6.03 Å². The standard InChI is InChI=1S/C6H15N3O3/c1-8(6(7)12)9(2-4-10)3-5-11/h10-11H,2-5H2,1H3,(H2,7,12). The summed E-state index contributed by atoms with van der Waals surface area (Å²) in [6.07, 6.45) is 0. The number of rotatable bonds is 5. The minimum atomic E-state index is -0.614. The summed E-state index contributed by atoms with van der Waals surface area (Å²) in [4.78, 5) is 10.6. The molecule has 0 spiro atoms. The predicted molar refractivity (Wildman–Crippen MR) is 43.1 cm³/mol. The van der Waals surface area contributed by atoms with E-state index in [-0.39, 0.29) is 26.3 Å². The van der Waals surface area contributed by atoms with Gasteiger partial charge in [-0.25, -0.2) is 9.80 Å². The Bertz CT molecular complexity index is 136. The summed E-state index contributed by atoms with van der Waals surface area (Å²) in [5.74, 6) is 0. The minimum Gasteiger partial charge on any atom is -0.395 e. The van der Waals surface area contributed by atoms with Gasteiger partial charge in [-0.3, -0.25) is 5.01 Å². The third kappa shape index (κ3) is 3.51. The number of nitrogens with zero attached hydrogens (tertiary/aromatic N) is 2. The average molecular weight is 177 g/mol. The first kappa shape index (κ1) is 11.2. The second kappa shape index (κ2) is 5.76. The molecule has 0 atom stereocenters. The SMILES string of the molecule is CN(C(N)=O)N(CCO)CCO. The molecule has 0 aliphatic carbocycles. The van der Waals surface area contributed by atoms with E-state index in [1.165, 1.54) is 12.1 Å². The Kier molecular flexibility index (Phi) is 5.35. The van der Waals surface area contributed by atoms with Crippen LogP contribution in [0.25, 0.3) is 0 Å². The van der Waals surface area contributed by atoms with Crippen molar-refractivity contribution in [1.29, 1.82) is 0 Å². The van der Waals surface area contributed by atoms with Gasteiger partial charge >= 0.3 is 6.03 Å². The van der Waals surface area contributed by atoms with Crippen LogP contribution in [0.3, 0.4) is 0 Å². The maximum Gasteiger partial charge on any atom is 0.329 e. The van der Waals surface area contributed by atoms with Gasteiger partial charge in [0.25, 0.3) is 0 Å². The van der Waals surface area contributed by atoms with Gasteiger partial charge in [0.05, 0.1) is 13.2 Å². The van der Waals surface area contributed by atoms with Crippen LogP contribution < -0.4 is 5.73 Å². The Morgan fingerprint density at radius 1 is 1.33 bits per heavy atom. The van der Waals surface area contributed by atoms with Crippen molar-refractivity contribution in [2.75, 3.05) is 33.4 Å². The number of carbonyl (C=O) groups excluding carboxylic acids is 1. The third-order valence-electron chi connectivity index (χ3n) is 1.46. The van der Waals surface area contributed by atoms with Crippen LogP contribution in [0, 0.1) is 0 Å². The molecule has 0 saturated heterocycles. The van der Waals surface area contributed by atoms with Crippen molar-refractivity contribution < 1.29 is 15.0 Å². The van der Waals surface area contributed by atoms with Crippen LogP contribution in [0.1, 0.15) is 0 Å².